The molecule has 0 unspecified atom stereocenters. The number of nitrogens with one attached hydrogen (secondary N) is 2. The van der Waals surface area contributed by atoms with Crippen molar-refractivity contribution in [1.82, 2.24) is 5.32 Å². The minimum Gasteiger partial charge on any atom is -0.325 e. The van der Waals surface area contributed by atoms with Crippen molar-refractivity contribution in [1.29, 1.82) is 0 Å². The Bertz CT molecular complexity index is 831. The predicted molar refractivity (Wildman–Crippen MR) is 105 cm³/mol. The molecule has 0 spiro atoms. The molecule has 0 bridgehead atoms. The number of thiophene rings is 1. The first-order valence-corrected chi connectivity index (χ1v) is 9.26. The molecule has 3 nitrogen and oxygen atoms in total. The van der Waals surface area contributed by atoms with E-state index in [0.717, 1.165) is 5.56 Å². The highest BCUT2D eigenvalue weighted by Gasteiger charge is 2.16. The van der Waals surface area contributed by atoms with Gasteiger partial charge in [0, 0.05) is 15.6 Å². The molecule has 3 rings (SSSR count). The molecule has 128 valence electrons. The van der Waals surface area contributed by atoms with Gasteiger partial charge in [-0.25, -0.2) is 0 Å². The van der Waals surface area contributed by atoms with Crippen LogP contribution in [-0.4, -0.2) is 12.5 Å². The van der Waals surface area contributed by atoms with E-state index in [-0.39, 0.29) is 18.5 Å². The molecule has 1 atom stereocenters. The maximum absolute atomic E-state index is 12.3. The number of carbonyl (C=O) groups is 1. The van der Waals surface area contributed by atoms with Crippen molar-refractivity contribution in [2.45, 2.75) is 13.0 Å². The second kappa shape index (κ2) is 8.30. The summed E-state index contributed by atoms with van der Waals surface area (Å²) in [5, 5.41) is 8.86. The van der Waals surface area contributed by atoms with Crippen molar-refractivity contribution < 1.29 is 4.79 Å². The van der Waals surface area contributed by atoms with Gasteiger partial charge in [0.25, 0.3) is 0 Å². The summed E-state index contributed by atoms with van der Waals surface area (Å²) < 4.78 is 0. The fourth-order valence-corrected chi connectivity index (χ4v) is 3.58. The molecule has 0 saturated carbocycles. The molecule has 0 saturated heterocycles. The summed E-state index contributed by atoms with van der Waals surface area (Å²) in [6, 6.07) is 19.6. The van der Waals surface area contributed by atoms with Crippen molar-refractivity contribution in [2.75, 3.05) is 11.9 Å². The van der Waals surface area contributed by atoms with Crippen molar-refractivity contribution >= 4 is 34.5 Å². The van der Waals surface area contributed by atoms with Crippen molar-refractivity contribution in [3.05, 3.63) is 87.1 Å². The van der Waals surface area contributed by atoms with E-state index in [1.165, 1.54) is 10.4 Å². The predicted octanol–water partition coefficient (Wildman–Crippen LogP) is 5.03. The number of rotatable bonds is 6. The van der Waals surface area contributed by atoms with E-state index in [1.54, 1.807) is 23.5 Å². The summed E-state index contributed by atoms with van der Waals surface area (Å²) in [6.07, 6.45) is 0. The molecule has 2 N–H and O–H groups in total. The summed E-state index contributed by atoms with van der Waals surface area (Å²) in [5.41, 5.74) is 3.05. The lowest BCUT2D eigenvalue weighted by molar-refractivity contribution is -0.115. The first-order valence-electron chi connectivity index (χ1n) is 8.00. The van der Waals surface area contributed by atoms with Crippen LogP contribution in [0.1, 0.15) is 22.0 Å². The Morgan fingerprint density at radius 1 is 1.12 bits per heavy atom. The van der Waals surface area contributed by atoms with E-state index in [9.17, 15) is 4.79 Å². The number of benzene rings is 2. The number of halogens is 1. The molecular formula is C20H19ClN2OS. The van der Waals surface area contributed by atoms with Crippen molar-refractivity contribution in [3.63, 3.8) is 0 Å². The average Bonchev–Trinajstić information content (AvgIpc) is 3.11. The molecule has 0 aliphatic heterocycles. The Kier molecular flexibility index (Phi) is 5.87. The zero-order valence-electron chi connectivity index (χ0n) is 13.8. The highest BCUT2D eigenvalue weighted by molar-refractivity contribution is 7.10. The minimum atomic E-state index is -0.101. The molecule has 0 aliphatic carbocycles. The fourth-order valence-electron chi connectivity index (χ4n) is 2.56. The molecule has 1 amide bonds. The molecule has 3 aromatic rings. The Morgan fingerprint density at radius 2 is 1.92 bits per heavy atom. The third-order valence-electron chi connectivity index (χ3n) is 3.81. The average molecular weight is 371 g/mol. The normalized spacial score (nSPS) is 11.9. The highest BCUT2D eigenvalue weighted by Crippen LogP contribution is 2.26. The van der Waals surface area contributed by atoms with Crippen LogP contribution in [0, 0.1) is 6.92 Å². The van der Waals surface area contributed by atoms with Crippen LogP contribution in [0.25, 0.3) is 0 Å². The molecule has 2 aromatic carbocycles. The van der Waals surface area contributed by atoms with Gasteiger partial charge in [0.05, 0.1) is 12.6 Å². The van der Waals surface area contributed by atoms with E-state index in [2.05, 4.69) is 47.9 Å². The molecule has 25 heavy (non-hydrogen) atoms. The Labute approximate surface area is 156 Å². The molecule has 0 radical (unpaired) electrons. The van der Waals surface area contributed by atoms with Crippen molar-refractivity contribution in [2.24, 2.45) is 0 Å². The van der Waals surface area contributed by atoms with E-state index >= 15 is 0 Å². The summed E-state index contributed by atoms with van der Waals surface area (Å²) in [5.74, 6) is -0.101. The number of hydrogen-bond donors (Lipinski definition) is 2. The summed E-state index contributed by atoms with van der Waals surface area (Å²) in [6.45, 7) is 2.28. The Morgan fingerprint density at radius 3 is 2.60 bits per heavy atom. The van der Waals surface area contributed by atoms with Gasteiger partial charge in [-0.2, -0.15) is 0 Å². The maximum atomic E-state index is 12.3. The number of amides is 1. The number of hydrogen-bond acceptors (Lipinski definition) is 3. The number of carbonyl (C=O) groups excluding carboxylic acids is 1. The number of aryl methyl sites for hydroxylation is 1. The summed E-state index contributed by atoms with van der Waals surface area (Å²) in [7, 11) is 0. The van der Waals surface area contributed by atoms with Gasteiger partial charge in [-0.3, -0.25) is 10.1 Å². The number of anilines is 1. The van der Waals surface area contributed by atoms with Crippen LogP contribution >= 0.6 is 22.9 Å². The van der Waals surface area contributed by atoms with E-state index in [1.807, 2.05) is 23.6 Å². The second-order valence-electron chi connectivity index (χ2n) is 5.80. The van der Waals surface area contributed by atoms with Crippen LogP contribution in [-0.2, 0) is 4.79 Å². The van der Waals surface area contributed by atoms with Crippen LogP contribution < -0.4 is 10.6 Å². The van der Waals surface area contributed by atoms with Crippen LogP contribution in [0.4, 0.5) is 5.69 Å². The standard InChI is InChI=1S/C20H19ClN2OS/c1-14-7-9-15(10-8-14)20(18-6-3-11-25-18)22-13-19(24)23-17-5-2-4-16(21)12-17/h2-12,20,22H,13H2,1H3,(H,23,24)/t20-/m1/s1. The minimum absolute atomic E-state index is 0.00860. The molecule has 1 aromatic heterocycles. The molecule has 5 heteroatoms. The van der Waals surface area contributed by atoms with Crippen LogP contribution in [0.15, 0.2) is 66.0 Å². The smallest absolute Gasteiger partial charge is 0.238 e. The molecule has 0 aliphatic rings. The molecule has 0 fully saturated rings. The monoisotopic (exact) mass is 370 g/mol. The third kappa shape index (κ3) is 4.92. The quantitative estimate of drug-likeness (QED) is 0.639. The SMILES string of the molecule is Cc1ccc([C@@H](NCC(=O)Nc2cccc(Cl)c2)c2cccs2)cc1. The zero-order valence-corrected chi connectivity index (χ0v) is 15.4. The van der Waals surface area contributed by atoms with Gasteiger partial charge < -0.3 is 5.32 Å². The van der Waals surface area contributed by atoms with Gasteiger partial charge in [0.1, 0.15) is 0 Å². The van der Waals surface area contributed by atoms with Gasteiger partial charge in [-0.1, -0.05) is 53.6 Å². The highest BCUT2D eigenvalue weighted by atomic mass is 35.5. The maximum Gasteiger partial charge on any atom is 0.238 e. The lowest BCUT2D eigenvalue weighted by Gasteiger charge is -2.18. The molecular weight excluding hydrogens is 352 g/mol. The van der Waals surface area contributed by atoms with Crippen LogP contribution in [0.5, 0.6) is 0 Å². The largest absolute Gasteiger partial charge is 0.325 e. The third-order valence-corrected chi connectivity index (χ3v) is 4.99. The Balaban J connectivity index is 1.68. The topological polar surface area (TPSA) is 41.1 Å². The van der Waals surface area contributed by atoms with Gasteiger partial charge in [0.15, 0.2) is 0 Å². The van der Waals surface area contributed by atoms with E-state index in [0.29, 0.717) is 10.7 Å². The van der Waals surface area contributed by atoms with Crippen LogP contribution in [0.3, 0.4) is 0 Å². The Hall–Kier alpha value is -2.14. The lowest BCUT2D eigenvalue weighted by atomic mass is 10.0. The van der Waals surface area contributed by atoms with Gasteiger partial charge in [0.2, 0.25) is 5.91 Å². The fraction of sp³-hybridized carbons (Fsp3) is 0.150. The first-order chi connectivity index (χ1) is 12.1. The summed E-state index contributed by atoms with van der Waals surface area (Å²) >= 11 is 7.63. The second-order valence-corrected chi connectivity index (χ2v) is 7.21. The summed E-state index contributed by atoms with van der Waals surface area (Å²) in [4.78, 5) is 13.4. The van der Waals surface area contributed by atoms with E-state index < -0.39 is 0 Å². The van der Waals surface area contributed by atoms with Gasteiger partial charge in [-0.15, -0.1) is 11.3 Å². The first kappa shape index (κ1) is 17.7. The lowest BCUT2D eigenvalue weighted by Crippen LogP contribution is -2.31. The molecule has 1 heterocycles. The van der Waals surface area contributed by atoms with Gasteiger partial charge in [-0.05, 0) is 42.1 Å². The van der Waals surface area contributed by atoms with Crippen molar-refractivity contribution in [3.8, 4) is 0 Å². The zero-order chi connectivity index (χ0) is 17.6. The van der Waals surface area contributed by atoms with E-state index in [4.69, 9.17) is 11.6 Å². The van der Waals surface area contributed by atoms with Crippen LogP contribution in [0.2, 0.25) is 5.02 Å². The van der Waals surface area contributed by atoms with Gasteiger partial charge >= 0.3 is 0 Å².